The van der Waals surface area contributed by atoms with E-state index in [0.717, 1.165) is 31.1 Å². The van der Waals surface area contributed by atoms with E-state index in [2.05, 4.69) is 25.2 Å². The zero-order valence-electron chi connectivity index (χ0n) is 12.0. The molecule has 0 bridgehead atoms. The predicted octanol–water partition coefficient (Wildman–Crippen LogP) is 1.50. The number of anilines is 1. The number of para-hydroxylation sites is 1. The molecule has 0 saturated carbocycles. The Morgan fingerprint density at radius 2 is 2.21 bits per heavy atom. The molecule has 2 atom stereocenters. The third kappa shape index (κ3) is 4.06. The highest BCUT2D eigenvalue weighted by molar-refractivity contribution is 5.92. The Balaban J connectivity index is 1.90. The number of piperidine rings is 1. The van der Waals surface area contributed by atoms with Gasteiger partial charge >= 0.3 is 0 Å². The van der Waals surface area contributed by atoms with E-state index >= 15 is 0 Å². The standard InChI is InChI=1S/C16H24N2O/c1-3-14-8-4-5-9-15(14)17-16(19)12-18-10-6-7-13(2)11-18/h4-5,8-9,13H,3,6-7,10-12H2,1-2H3,(H,17,19)/p+1/t13-/m0/s1. The molecule has 104 valence electrons. The molecule has 0 aliphatic carbocycles. The highest BCUT2D eigenvalue weighted by Gasteiger charge is 2.22. The molecule has 19 heavy (non-hydrogen) atoms. The van der Waals surface area contributed by atoms with Crippen molar-refractivity contribution in [1.82, 2.24) is 0 Å². The minimum atomic E-state index is 0.144. The van der Waals surface area contributed by atoms with Gasteiger partial charge in [-0.2, -0.15) is 0 Å². The zero-order valence-corrected chi connectivity index (χ0v) is 12.0. The van der Waals surface area contributed by atoms with Crippen molar-refractivity contribution in [2.45, 2.75) is 33.1 Å². The molecule has 1 aromatic carbocycles. The van der Waals surface area contributed by atoms with Crippen LogP contribution in [0.1, 0.15) is 32.3 Å². The zero-order chi connectivity index (χ0) is 13.7. The molecule has 1 aliphatic rings. The van der Waals surface area contributed by atoms with Gasteiger partial charge in [0.15, 0.2) is 6.54 Å². The lowest BCUT2D eigenvalue weighted by Crippen LogP contribution is -3.14. The molecule has 2 N–H and O–H groups in total. The van der Waals surface area contributed by atoms with E-state index in [1.807, 2.05) is 18.2 Å². The summed E-state index contributed by atoms with van der Waals surface area (Å²) in [4.78, 5) is 13.5. The fourth-order valence-corrected chi connectivity index (χ4v) is 2.93. The van der Waals surface area contributed by atoms with Crippen LogP contribution in [0.2, 0.25) is 0 Å². The first-order valence-electron chi connectivity index (χ1n) is 7.40. The first kappa shape index (κ1) is 14.1. The van der Waals surface area contributed by atoms with Gasteiger partial charge in [0, 0.05) is 11.6 Å². The summed E-state index contributed by atoms with van der Waals surface area (Å²) < 4.78 is 0. The lowest BCUT2D eigenvalue weighted by Gasteiger charge is -2.27. The summed E-state index contributed by atoms with van der Waals surface area (Å²) >= 11 is 0. The first-order valence-corrected chi connectivity index (χ1v) is 7.40. The van der Waals surface area contributed by atoms with Gasteiger partial charge in [-0.15, -0.1) is 0 Å². The van der Waals surface area contributed by atoms with E-state index < -0.39 is 0 Å². The quantitative estimate of drug-likeness (QED) is 0.846. The van der Waals surface area contributed by atoms with E-state index in [0.29, 0.717) is 6.54 Å². The van der Waals surface area contributed by atoms with Crippen molar-refractivity contribution in [1.29, 1.82) is 0 Å². The molecule has 3 heteroatoms. The minimum absolute atomic E-state index is 0.144. The molecule has 1 heterocycles. The summed E-state index contributed by atoms with van der Waals surface area (Å²) in [6.07, 6.45) is 3.50. The average Bonchev–Trinajstić information content (AvgIpc) is 2.39. The van der Waals surface area contributed by atoms with E-state index in [4.69, 9.17) is 0 Å². The number of carbonyl (C=O) groups is 1. The minimum Gasteiger partial charge on any atom is -0.327 e. The van der Waals surface area contributed by atoms with Crippen molar-refractivity contribution in [3.8, 4) is 0 Å². The van der Waals surface area contributed by atoms with Gasteiger partial charge in [-0.1, -0.05) is 32.0 Å². The fraction of sp³-hybridized carbons (Fsp3) is 0.562. The van der Waals surface area contributed by atoms with Crippen LogP contribution in [0.5, 0.6) is 0 Å². The number of rotatable bonds is 4. The van der Waals surface area contributed by atoms with Gasteiger partial charge in [-0.05, 0) is 30.9 Å². The number of amides is 1. The maximum absolute atomic E-state index is 12.1. The summed E-state index contributed by atoms with van der Waals surface area (Å²) in [6.45, 7) is 7.25. The van der Waals surface area contributed by atoms with Crippen LogP contribution in [0.3, 0.4) is 0 Å². The molecule has 0 radical (unpaired) electrons. The first-order chi connectivity index (χ1) is 9.19. The third-order valence-electron chi connectivity index (χ3n) is 3.95. The second-order valence-corrected chi connectivity index (χ2v) is 5.69. The average molecular weight is 261 g/mol. The number of aryl methyl sites for hydroxylation is 1. The molecule has 1 amide bonds. The molecule has 3 nitrogen and oxygen atoms in total. The van der Waals surface area contributed by atoms with Gasteiger partial charge < -0.3 is 10.2 Å². The highest BCUT2D eigenvalue weighted by Crippen LogP contribution is 2.14. The summed E-state index contributed by atoms with van der Waals surface area (Å²) in [7, 11) is 0. The number of nitrogens with one attached hydrogen (secondary N) is 2. The van der Waals surface area contributed by atoms with Gasteiger partial charge in [0.25, 0.3) is 5.91 Å². The fourth-order valence-electron chi connectivity index (χ4n) is 2.93. The van der Waals surface area contributed by atoms with Crippen LogP contribution in [0.4, 0.5) is 5.69 Å². The van der Waals surface area contributed by atoms with E-state index in [1.165, 1.54) is 23.3 Å². The molecule has 0 spiro atoms. The maximum atomic E-state index is 12.1. The molecule has 1 fully saturated rings. The van der Waals surface area contributed by atoms with Gasteiger partial charge in [0.05, 0.1) is 13.1 Å². The van der Waals surface area contributed by atoms with Crippen LogP contribution in [-0.4, -0.2) is 25.5 Å². The molecule has 1 aromatic rings. The highest BCUT2D eigenvalue weighted by atomic mass is 16.2. The second kappa shape index (κ2) is 6.71. The Bertz CT molecular complexity index is 431. The third-order valence-corrected chi connectivity index (χ3v) is 3.95. The van der Waals surface area contributed by atoms with Crippen molar-refractivity contribution >= 4 is 11.6 Å². The Labute approximate surface area is 116 Å². The Morgan fingerprint density at radius 3 is 2.95 bits per heavy atom. The van der Waals surface area contributed by atoms with Crippen LogP contribution in [0.15, 0.2) is 24.3 Å². The summed E-state index contributed by atoms with van der Waals surface area (Å²) in [5.41, 5.74) is 2.18. The Hall–Kier alpha value is -1.35. The van der Waals surface area contributed by atoms with Crippen molar-refractivity contribution in [3.63, 3.8) is 0 Å². The molecular weight excluding hydrogens is 236 g/mol. The van der Waals surface area contributed by atoms with E-state index in [1.54, 1.807) is 0 Å². The van der Waals surface area contributed by atoms with Crippen LogP contribution in [0.25, 0.3) is 0 Å². The monoisotopic (exact) mass is 261 g/mol. The summed E-state index contributed by atoms with van der Waals surface area (Å²) in [5.74, 6) is 0.893. The molecule has 1 unspecified atom stereocenters. The lowest BCUT2D eigenvalue weighted by molar-refractivity contribution is -0.900. The van der Waals surface area contributed by atoms with Gasteiger partial charge in [-0.3, -0.25) is 4.79 Å². The summed E-state index contributed by atoms with van der Waals surface area (Å²) in [5, 5.41) is 3.06. The van der Waals surface area contributed by atoms with Crippen LogP contribution in [-0.2, 0) is 11.2 Å². The van der Waals surface area contributed by atoms with Crippen LogP contribution in [0, 0.1) is 5.92 Å². The van der Waals surface area contributed by atoms with Crippen molar-refractivity contribution in [2.75, 3.05) is 25.0 Å². The predicted molar refractivity (Wildman–Crippen MR) is 78.4 cm³/mol. The molecule has 1 saturated heterocycles. The van der Waals surface area contributed by atoms with Gasteiger partial charge in [0.1, 0.15) is 0 Å². The largest absolute Gasteiger partial charge is 0.327 e. The molecule has 2 rings (SSSR count). The second-order valence-electron chi connectivity index (χ2n) is 5.69. The Kier molecular flexibility index (Phi) is 4.97. The number of hydrogen-bond donors (Lipinski definition) is 2. The van der Waals surface area contributed by atoms with Crippen molar-refractivity contribution < 1.29 is 9.69 Å². The number of quaternary nitrogens is 1. The number of benzene rings is 1. The summed E-state index contributed by atoms with van der Waals surface area (Å²) in [6, 6.07) is 8.06. The SMILES string of the molecule is CCc1ccccc1NC(=O)C[NH+]1CCC[C@H](C)C1. The smallest absolute Gasteiger partial charge is 0.279 e. The van der Waals surface area contributed by atoms with E-state index in [9.17, 15) is 4.79 Å². The normalized spacial score (nSPS) is 23.1. The van der Waals surface area contributed by atoms with Crippen LogP contribution < -0.4 is 10.2 Å². The number of likely N-dealkylation sites (tertiary alicyclic amines) is 1. The topological polar surface area (TPSA) is 33.5 Å². The van der Waals surface area contributed by atoms with Crippen molar-refractivity contribution in [2.24, 2.45) is 5.92 Å². The molecular formula is C16H25N2O+. The lowest BCUT2D eigenvalue weighted by atomic mass is 10.0. The Morgan fingerprint density at radius 1 is 1.42 bits per heavy atom. The van der Waals surface area contributed by atoms with Gasteiger partial charge in [0.2, 0.25) is 0 Å². The number of hydrogen-bond acceptors (Lipinski definition) is 1. The van der Waals surface area contributed by atoms with Crippen LogP contribution >= 0.6 is 0 Å². The molecule has 0 aromatic heterocycles. The van der Waals surface area contributed by atoms with E-state index in [-0.39, 0.29) is 5.91 Å². The van der Waals surface area contributed by atoms with Gasteiger partial charge in [-0.25, -0.2) is 0 Å². The maximum Gasteiger partial charge on any atom is 0.279 e. The number of carbonyl (C=O) groups excluding carboxylic acids is 1. The van der Waals surface area contributed by atoms with Crippen molar-refractivity contribution in [3.05, 3.63) is 29.8 Å². The molecule has 1 aliphatic heterocycles.